The van der Waals surface area contributed by atoms with Crippen LogP contribution in [0.15, 0.2) is 15.9 Å². The molecule has 0 bridgehead atoms. The van der Waals surface area contributed by atoms with Crippen LogP contribution in [0.4, 0.5) is 0 Å². The topological polar surface area (TPSA) is 32.3 Å². The third-order valence-corrected chi connectivity index (χ3v) is 4.68. The minimum Gasteiger partial charge on any atom is -0.339 e. The largest absolute Gasteiger partial charge is 0.339 e. The second kappa shape index (κ2) is 5.98. The molecule has 0 spiro atoms. The molecule has 1 N–H and O–H groups in total. The highest BCUT2D eigenvalue weighted by molar-refractivity contribution is 9.10. The summed E-state index contributed by atoms with van der Waals surface area (Å²) in [6, 6.07) is 2.10. The molecule has 17 heavy (non-hydrogen) atoms. The van der Waals surface area contributed by atoms with Crippen LogP contribution < -0.4 is 5.32 Å². The van der Waals surface area contributed by atoms with Gasteiger partial charge in [-0.1, -0.05) is 6.42 Å². The lowest BCUT2D eigenvalue weighted by molar-refractivity contribution is -0.133. The molecule has 1 atom stereocenters. The third kappa shape index (κ3) is 3.53. The Balaban J connectivity index is 1.90. The lowest BCUT2D eigenvalue weighted by Gasteiger charge is -2.27. The quantitative estimate of drug-likeness (QED) is 0.929. The number of nitrogens with one attached hydrogen (secondary N) is 1. The molecular formula is C12H17BrN2OS. The van der Waals surface area contributed by atoms with E-state index in [1.807, 2.05) is 17.3 Å². The number of carbonyl (C=O) groups excluding carboxylic acids is 1. The van der Waals surface area contributed by atoms with Gasteiger partial charge in [-0.05, 0) is 41.4 Å². The van der Waals surface area contributed by atoms with Crippen LogP contribution in [-0.4, -0.2) is 30.4 Å². The highest BCUT2D eigenvalue weighted by Crippen LogP contribution is 2.21. The van der Waals surface area contributed by atoms with Crippen molar-refractivity contribution >= 4 is 33.2 Å². The summed E-state index contributed by atoms with van der Waals surface area (Å²) in [5.41, 5.74) is 0. The first-order valence-electron chi connectivity index (χ1n) is 5.88. The number of piperidine rings is 1. The van der Waals surface area contributed by atoms with Crippen molar-refractivity contribution in [1.82, 2.24) is 10.2 Å². The van der Waals surface area contributed by atoms with Gasteiger partial charge in [0.15, 0.2) is 0 Å². The predicted octanol–water partition coefficient (Wildman–Crippen LogP) is 2.61. The summed E-state index contributed by atoms with van der Waals surface area (Å²) in [6.07, 6.45) is 3.31. The fraction of sp³-hybridized carbons (Fsp3) is 0.583. The zero-order valence-electron chi connectivity index (χ0n) is 9.91. The average Bonchev–Trinajstić information content (AvgIpc) is 2.75. The molecular weight excluding hydrogens is 300 g/mol. The van der Waals surface area contributed by atoms with Gasteiger partial charge in [0.1, 0.15) is 0 Å². The van der Waals surface area contributed by atoms with E-state index in [9.17, 15) is 4.79 Å². The molecule has 0 saturated carbocycles. The van der Waals surface area contributed by atoms with Crippen LogP contribution in [0.2, 0.25) is 0 Å². The summed E-state index contributed by atoms with van der Waals surface area (Å²) in [5, 5.41) is 5.34. The van der Waals surface area contributed by atoms with Gasteiger partial charge in [-0.25, -0.2) is 0 Å². The maximum absolute atomic E-state index is 12.2. The van der Waals surface area contributed by atoms with Crippen LogP contribution in [0.3, 0.4) is 0 Å². The van der Waals surface area contributed by atoms with Crippen molar-refractivity contribution in [2.45, 2.75) is 31.8 Å². The number of halogens is 1. The van der Waals surface area contributed by atoms with E-state index in [1.54, 1.807) is 11.3 Å². The fourth-order valence-corrected chi connectivity index (χ4v) is 3.58. The number of thiophene rings is 1. The van der Waals surface area contributed by atoms with Crippen molar-refractivity contribution < 1.29 is 4.79 Å². The number of likely N-dealkylation sites (N-methyl/N-ethyl adjacent to an activating group) is 1. The van der Waals surface area contributed by atoms with E-state index < -0.39 is 0 Å². The van der Waals surface area contributed by atoms with Gasteiger partial charge in [0.2, 0.25) is 5.91 Å². The zero-order valence-corrected chi connectivity index (χ0v) is 12.3. The van der Waals surface area contributed by atoms with Gasteiger partial charge in [-0.3, -0.25) is 4.79 Å². The van der Waals surface area contributed by atoms with Crippen LogP contribution in [0.1, 0.15) is 24.1 Å². The summed E-state index contributed by atoms with van der Waals surface area (Å²) in [7, 11) is 1.88. The number of rotatable bonds is 3. The second-order valence-electron chi connectivity index (χ2n) is 4.43. The Labute approximate surface area is 114 Å². The third-order valence-electron chi connectivity index (χ3n) is 3.00. The molecule has 1 aliphatic heterocycles. The van der Waals surface area contributed by atoms with Crippen molar-refractivity contribution in [2.24, 2.45) is 0 Å². The molecule has 1 aromatic heterocycles. The van der Waals surface area contributed by atoms with Gasteiger partial charge in [0.25, 0.3) is 0 Å². The highest BCUT2D eigenvalue weighted by Gasteiger charge is 2.23. The number of hydrogen-bond donors (Lipinski definition) is 1. The standard InChI is InChI=1S/C12H17BrN2OS/c1-15(7-10-6-9(13)8-17-10)12(16)11-4-2-3-5-14-11/h6,8,11,14H,2-5,7H2,1H3/t11-/m0/s1. The predicted molar refractivity (Wildman–Crippen MR) is 74.1 cm³/mol. The molecule has 94 valence electrons. The van der Waals surface area contributed by atoms with Crippen LogP contribution in [0, 0.1) is 0 Å². The Hall–Kier alpha value is -0.390. The average molecular weight is 317 g/mol. The number of hydrogen-bond acceptors (Lipinski definition) is 3. The molecule has 1 saturated heterocycles. The second-order valence-corrected chi connectivity index (χ2v) is 6.34. The summed E-state index contributed by atoms with van der Waals surface area (Å²) < 4.78 is 1.09. The Kier molecular flexibility index (Phi) is 4.59. The van der Waals surface area contributed by atoms with Gasteiger partial charge in [0, 0.05) is 21.8 Å². The molecule has 0 aliphatic carbocycles. The Bertz CT molecular complexity index is 388. The minimum atomic E-state index is 0.0251. The van der Waals surface area contributed by atoms with Crippen LogP contribution in [0.5, 0.6) is 0 Å². The molecule has 3 nitrogen and oxygen atoms in total. The first-order chi connectivity index (χ1) is 8.16. The van der Waals surface area contributed by atoms with E-state index in [0.29, 0.717) is 6.54 Å². The van der Waals surface area contributed by atoms with E-state index in [1.165, 1.54) is 11.3 Å². The zero-order chi connectivity index (χ0) is 12.3. The number of carbonyl (C=O) groups is 1. The van der Waals surface area contributed by atoms with Crippen LogP contribution >= 0.6 is 27.3 Å². The van der Waals surface area contributed by atoms with Crippen LogP contribution in [0.25, 0.3) is 0 Å². The van der Waals surface area contributed by atoms with E-state index in [2.05, 4.69) is 27.3 Å². The Morgan fingerprint density at radius 1 is 1.65 bits per heavy atom. The van der Waals surface area contributed by atoms with E-state index >= 15 is 0 Å². The SMILES string of the molecule is CN(Cc1cc(Br)cs1)C(=O)[C@@H]1CCCCN1. The van der Waals surface area contributed by atoms with Gasteiger partial charge in [-0.2, -0.15) is 0 Å². The monoisotopic (exact) mass is 316 g/mol. The first kappa shape index (κ1) is 13.1. The molecule has 0 aromatic carbocycles. The van der Waals surface area contributed by atoms with Gasteiger partial charge in [0.05, 0.1) is 12.6 Å². The number of amides is 1. The molecule has 1 amide bonds. The highest BCUT2D eigenvalue weighted by atomic mass is 79.9. The summed E-state index contributed by atoms with van der Waals surface area (Å²) in [4.78, 5) is 15.2. The molecule has 0 radical (unpaired) electrons. The van der Waals surface area contributed by atoms with Gasteiger partial charge in [-0.15, -0.1) is 11.3 Å². The van der Waals surface area contributed by atoms with Crippen molar-refractivity contribution in [3.63, 3.8) is 0 Å². The van der Waals surface area contributed by atoms with Crippen molar-refractivity contribution in [2.75, 3.05) is 13.6 Å². The van der Waals surface area contributed by atoms with Crippen molar-refractivity contribution in [1.29, 1.82) is 0 Å². The molecule has 1 aliphatic rings. The van der Waals surface area contributed by atoms with E-state index in [0.717, 1.165) is 23.9 Å². The molecule has 2 heterocycles. The lowest BCUT2D eigenvalue weighted by atomic mass is 10.0. The van der Waals surface area contributed by atoms with Crippen LogP contribution in [-0.2, 0) is 11.3 Å². The smallest absolute Gasteiger partial charge is 0.239 e. The maximum Gasteiger partial charge on any atom is 0.239 e. The molecule has 1 aromatic rings. The normalized spacial score (nSPS) is 20.2. The molecule has 5 heteroatoms. The van der Waals surface area contributed by atoms with Gasteiger partial charge >= 0.3 is 0 Å². The van der Waals surface area contributed by atoms with Crippen molar-refractivity contribution in [3.05, 3.63) is 20.8 Å². The molecule has 2 rings (SSSR count). The molecule has 1 fully saturated rings. The first-order valence-corrected chi connectivity index (χ1v) is 7.55. The minimum absolute atomic E-state index is 0.0251. The van der Waals surface area contributed by atoms with Gasteiger partial charge < -0.3 is 10.2 Å². The van der Waals surface area contributed by atoms with E-state index in [4.69, 9.17) is 0 Å². The maximum atomic E-state index is 12.2. The summed E-state index contributed by atoms with van der Waals surface area (Å²) in [5.74, 6) is 0.217. The summed E-state index contributed by atoms with van der Waals surface area (Å²) >= 11 is 5.11. The number of nitrogens with zero attached hydrogens (tertiary/aromatic N) is 1. The summed E-state index contributed by atoms with van der Waals surface area (Å²) in [6.45, 7) is 1.67. The Morgan fingerprint density at radius 3 is 3.06 bits per heavy atom. The fourth-order valence-electron chi connectivity index (χ4n) is 2.08. The Morgan fingerprint density at radius 2 is 2.47 bits per heavy atom. The molecule has 0 unspecified atom stereocenters. The van der Waals surface area contributed by atoms with E-state index in [-0.39, 0.29) is 11.9 Å². The van der Waals surface area contributed by atoms with Crippen molar-refractivity contribution in [3.8, 4) is 0 Å². The lowest BCUT2D eigenvalue weighted by Crippen LogP contribution is -2.46.